The topological polar surface area (TPSA) is 61.6 Å². The zero-order valence-electron chi connectivity index (χ0n) is 10.0. The molecule has 0 radical (unpaired) electrons. The van der Waals surface area contributed by atoms with E-state index in [2.05, 4.69) is 20.8 Å². The van der Waals surface area contributed by atoms with Crippen LogP contribution in [0.2, 0.25) is 0 Å². The Morgan fingerprint density at radius 1 is 1.35 bits per heavy atom. The van der Waals surface area contributed by atoms with Gasteiger partial charge in [0.25, 0.3) is 0 Å². The minimum absolute atomic E-state index is 0.843. The van der Waals surface area contributed by atoms with Gasteiger partial charge in [-0.1, -0.05) is 6.92 Å². The number of rotatable bonds is 1. The molecule has 1 heterocycles. The van der Waals surface area contributed by atoms with E-state index in [1.54, 1.807) is 4.90 Å². The summed E-state index contributed by atoms with van der Waals surface area (Å²) in [6, 6.07) is 0.843. The fourth-order valence-corrected chi connectivity index (χ4v) is 1.61. The second-order valence-electron chi connectivity index (χ2n) is 4.56. The van der Waals surface area contributed by atoms with Crippen LogP contribution < -0.4 is 4.90 Å². The van der Waals surface area contributed by atoms with Gasteiger partial charge in [-0.25, -0.2) is 8.42 Å². The van der Waals surface area contributed by atoms with Crippen molar-refractivity contribution >= 4 is 10.1 Å². The maximum Gasteiger partial charge on any atom is 0.485 e. The third-order valence-corrected chi connectivity index (χ3v) is 3.24. The van der Waals surface area contributed by atoms with Crippen LogP contribution in [0.3, 0.4) is 0 Å². The smallest absolute Gasteiger partial charge is 0.485 e. The number of likely N-dealkylation sites (tertiary alicyclic amines) is 1. The summed E-state index contributed by atoms with van der Waals surface area (Å²) in [4.78, 5) is 1.79. The van der Waals surface area contributed by atoms with Crippen molar-refractivity contribution in [1.29, 1.82) is 0 Å². The zero-order chi connectivity index (χ0) is 13.9. The van der Waals surface area contributed by atoms with Gasteiger partial charge in [0, 0.05) is 12.3 Å². The Labute approximate surface area is 99.5 Å². The van der Waals surface area contributed by atoms with Crippen LogP contribution in [0.1, 0.15) is 27.2 Å². The van der Waals surface area contributed by atoms with Gasteiger partial charge >= 0.3 is 5.51 Å². The van der Waals surface area contributed by atoms with Crippen LogP contribution >= 0.6 is 0 Å². The van der Waals surface area contributed by atoms with Gasteiger partial charge < -0.3 is 9.45 Å². The van der Waals surface area contributed by atoms with Gasteiger partial charge in [-0.3, -0.25) is 0 Å². The molecule has 1 saturated heterocycles. The molecule has 0 aliphatic carbocycles. The number of hydrogen-bond acceptors (Lipinski definition) is 3. The van der Waals surface area contributed by atoms with Gasteiger partial charge in [-0.05, 0) is 13.8 Å². The van der Waals surface area contributed by atoms with Crippen molar-refractivity contribution in [2.45, 2.75) is 38.7 Å². The first-order chi connectivity index (χ1) is 7.45. The number of alkyl halides is 3. The highest BCUT2D eigenvalue weighted by atomic mass is 32.2. The standard InChI is InChI=1S/C8H17N.CHF3O3S/c1-7(2)9-5-4-8(3)6-9;2-1(3,4)8(5,6)7/h7-8H,4-6H2,1-3H3;(H,5,6,7). The molecule has 1 N–H and O–H groups in total. The molecular formula is C9H18F3NO3S. The van der Waals surface area contributed by atoms with E-state index < -0.39 is 15.6 Å². The van der Waals surface area contributed by atoms with Gasteiger partial charge in [-0.15, -0.1) is 0 Å². The quantitative estimate of drug-likeness (QED) is 0.556. The molecule has 0 amide bonds. The Kier molecular flexibility index (Phi) is 5.89. The third kappa shape index (κ3) is 6.23. The van der Waals surface area contributed by atoms with Gasteiger partial charge in [-0.2, -0.15) is 13.2 Å². The zero-order valence-corrected chi connectivity index (χ0v) is 10.9. The molecule has 1 rings (SSSR count). The summed E-state index contributed by atoms with van der Waals surface area (Å²) in [6.07, 6.45) is 1.44. The summed E-state index contributed by atoms with van der Waals surface area (Å²) in [5, 5.41) is 0. The van der Waals surface area contributed by atoms with E-state index in [-0.39, 0.29) is 0 Å². The Balaban J connectivity index is 0.000000304. The van der Waals surface area contributed by atoms with Crippen LogP contribution in [0, 0.1) is 5.92 Å². The summed E-state index contributed by atoms with van der Waals surface area (Å²) in [6.45, 7) is 9.78. The van der Waals surface area contributed by atoms with Crippen LogP contribution in [0.15, 0.2) is 0 Å². The lowest BCUT2D eigenvalue weighted by molar-refractivity contribution is -0.910. The Bertz CT molecular complexity index is 327. The number of quaternary nitrogens is 1. The molecule has 1 aliphatic rings. The predicted molar refractivity (Wildman–Crippen MR) is 55.4 cm³/mol. The monoisotopic (exact) mass is 277 g/mol. The third-order valence-electron chi connectivity index (χ3n) is 2.67. The molecule has 1 aliphatic heterocycles. The molecule has 0 spiro atoms. The number of hydrogen-bond donors (Lipinski definition) is 1. The molecule has 2 unspecified atom stereocenters. The minimum atomic E-state index is -6.09. The van der Waals surface area contributed by atoms with Gasteiger partial charge in [0.05, 0.1) is 19.1 Å². The first-order valence-electron chi connectivity index (χ1n) is 5.32. The summed E-state index contributed by atoms with van der Waals surface area (Å²) in [7, 11) is -6.09. The average Bonchev–Trinajstić information content (AvgIpc) is 2.49. The fraction of sp³-hybridized carbons (Fsp3) is 1.00. The van der Waals surface area contributed by atoms with Crippen molar-refractivity contribution in [3.8, 4) is 0 Å². The molecule has 0 bridgehead atoms. The Hall–Kier alpha value is -0.340. The van der Waals surface area contributed by atoms with Crippen LogP contribution in [0.5, 0.6) is 0 Å². The van der Waals surface area contributed by atoms with E-state index in [1.165, 1.54) is 19.5 Å². The van der Waals surface area contributed by atoms with Crippen LogP contribution in [0.4, 0.5) is 13.2 Å². The molecule has 104 valence electrons. The first-order valence-corrected chi connectivity index (χ1v) is 6.72. The van der Waals surface area contributed by atoms with Crippen molar-refractivity contribution in [1.82, 2.24) is 0 Å². The van der Waals surface area contributed by atoms with Crippen molar-refractivity contribution in [2.75, 3.05) is 13.1 Å². The Morgan fingerprint density at radius 2 is 1.76 bits per heavy atom. The summed E-state index contributed by atoms with van der Waals surface area (Å²) >= 11 is 0. The van der Waals surface area contributed by atoms with E-state index in [9.17, 15) is 13.2 Å². The van der Waals surface area contributed by atoms with Crippen molar-refractivity contribution < 1.29 is 31.0 Å². The highest BCUT2D eigenvalue weighted by Gasteiger charge is 2.36. The molecular weight excluding hydrogens is 259 g/mol. The molecule has 0 aromatic heterocycles. The summed E-state index contributed by atoms with van der Waals surface area (Å²) < 4.78 is 58.9. The number of nitrogens with one attached hydrogen (secondary N) is 1. The highest BCUT2D eigenvalue weighted by molar-refractivity contribution is 7.86. The minimum Gasteiger partial charge on any atom is -0.741 e. The summed E-state index contributed by atoms with van der Waals surface area (Å²) in [5.41, 5.74) is -5.65. The molecule has 0 saturated carbocycles. The lowest BCUT2D eigenvalue weighted by Gasteiger charge is -2.16. The average molecular weight is 277 g/mol. The summed E-state index contributed by atoms with van der Waals surface area (Å²) in [5.74, 6) is 0.974. The van der Waals surface area contributed by atoms with Crippen molar-refractivity contribution in [2.24, 2.45) is 5.92 Å². The van der Waals surface area contributed by atoms with Gasteiger partial charge in [0.15, 0.2) is 10.1 Å². The maximum absolute atomic E-state index is 10.7. The van der Waals surface area contributed by atoms with E-state index in [0.717, 1.165) is 12.0 Å². The second-order valence-corrected chi connectivity index (χ2v) is 5.93. The van der Waals surface area contributed by atoms with Crippen LogP contribution in [-0.4, -0.2) is 37.6 Å². The van der Waals surface area contributed by atoms with E-state index in [4.69, 9.17) is 13.0 Å². The van der Waals surface area contributed by atoms with Crippen LogP contribution in [-0.2, 0) is 10.1 Å². The normalized spacial score (nSPS) is 25.6. The molecule has 8 heteroatoms. The molecule has 1 fully saturated rings. The van der Waals surface area contributed by atoms with Crippen molar-refractivity contribution in [3.05, 3.63) is 0 Å². The fourth-order valence-electron chi connectivity index (χ4n) is 1.61. The Morgan fingerprint density at radius 3 is 1.88 bits per heavy atom. The van der Waals surface area contributed by atoms with Crippen LogP contribution in [0.25, 0.3) is 0 Å². The molecule has 17 heavy (non-hydrogen) atoms. The van der Waals surface area contributed by atoms with E-state index in [0.29, 0.717) is 0 Å². The van der Waals surface area contributed by atoms with Crippen molar-refractivity contribution in [3.63, 3.8) is 0 Å². The second kappa shape index (κ2) is 6.01. The SMILES string of the molecule is CC1CC[NH+](C(C)C)C1.O=S(=O)([O-])C(F)(F)F. The van der Waals surface area contributed by atoms with E-state index in [1.807, 2.05) is 0 Å². The molecule has 0 aromatic rings. The largest absolute Gasteiger partial charge is 0.741 e. The maximum atomic E-state index is 10.7. The predicted octanol–water partition coefficient (Wildman–Crippen LogP) is 0.371. The highest BCUT2D eigenvalue weighted by Crippen LogP contribution is 2.20. The van der Waals surface area contributed by atoms with E-state index >= 15 is 0 Å². The lowest BCUT2D eigenvalue weighted by atomic mass is 10.2. The van der Waals surface area contributed by atoms with Gasteiger partial charge in [0.2, 0.25) is 0 Å². The molecule has 4 nitrogen and oxygen atoms in total. The number of halogens is 3. The van der Waals surface area contributed by atoms with Gasteiger partial charge in [0.1, 0.15) is 0 Å². The molecule has 2 atom stereocenters. The lowest BCUT2D eigenvalue weighted by Crippen LogP contribution is -3.13. The molecule has 0 aromatic carbocycles. The first kappa shape index (κ1) is 16.7.